The second-order valence-corrected chi connectivity index (χ2v) is 2.67. The van der Waals surface area contributed by atoms with Gasteiger partial charge in [0.2, 0.25) is 0 Å². The lowest BCUT2D eigenvalue weighted by molar-refractivity contribution is -0.274. The molecule has 72 valence electrons. The van der Waals surface area contributed by atoms with Gasteiger partial charge in [-0.25, -0.2) is 4.39 Å². The van der Waals surface area contributed by atoms with Gasteiger partial charge in [0.05, 0.1) is 6.61 Å². The molecule has 0 aromatic carbocycles. The van der Waals surface area contributed by atoms with Gasteiger partial charge in [-0.05, 0) is 0 Å². The number of alkyl halides is 1. The molecule has 0 aromatic heterocycles. The first kappa shape index (κ1) is 9.82. The molecule has 0 amide bonds. The van der Waals surface area contributed by atoms with Crippen LogP contribution in [0.3, 0.4) is 0 Å². The lowest BCUT2D eigenvalue weighted by atomic mass is 10.0. The van der Waals surface area contributed by atoms with E-state index in [1.165, 1.54) is 0 Å². The molecule has 1 saturated heterocycles. The Morgan fingerprint density at radius 1 is 1.17 bits per heavy atom. The van der Waals surface area contributed by atoms with Crippen molar-refractivity contribution in [3.63, 3.8) is 0 Å². The molecule has 1 fully saturated rings. The maximum atomic E-state index is 12.8. The summed E-state index contributed by atoms with van der Waals surface area (Å²) in [6.45, 7) is -0.606. The quantitative estimate of drug-likeness (QED) is 0.368. The summed E-state index contributed by atoms with van der Waals surface area (Å²) in [4.78, 5) is 0. The Morgan fingerprint density at radius 2 is 1.75 bits per heavy atom. The van der Waals surface area contributed by atoms with Crippen LogP contribution in [0.4, 0.5) is 4.39 Å². The van der Waals surface area contributed by atoms with Gasteiger partial charge in [-0.15, -0.1) is 0 Å². The molecule has 0 aliphatic carbocycles. The zero-order chi connectivity index (χ0) is 9.30. The molecule has 12 heavy (non-hydrogen) atoms. The minimum Gasteiger partial charge on any atom is -0.394 e. The molecule has 3 unspecified atom stereocenters. The molecule has 4 N–H and O–H groups in total. The smallest absolute Gasteiger partial charge is 0.184 e. The van der Waals surface area contributed by atoms with Gasteiger partial charge < -0.3 is 25.2 Å². The average Bonchev–Trinajstić information content (AvgIpc) is 2.08. The Labute approximate surface area is 68.0 Å². The molecular weight excluding hydrogens is 171 g/mol. The molecule has 5 atom stereocenters. The van der Waals surface area contributed by atoms with E-state index < -0.39 is 37.4 Å². The van der Waals surface area contributed by atoms with Crippen molar-refractivity contribution in [2.45, 2.75) is 30.8 Å². The molecule has 0 aromatic rings. The van der Waals surface area contributed by atoms with Crippen LogP contribution in [0.1, 0.15) is 0 Å². The molecule has 1 aliphatic heterocycles. The molecule has 0 saturated carbocycles. The highest BCUT2D eigenvalue weighted by molar-refractivity contribution is 4.88. The van der Waals surface area contributed by atoms with E-state index in [0.29, 0.717) is 0 Å². The van der Waals surface area contributed by atoms with Gasteiger partial charge in [0.25, 0.3) is 0 Å². The number of halogens is 1. The Hall–Kier alpha value is -0.270. The van der Waals surface area contributed by atoms with Crippen LogP contribution in [0.2, 0.25) is 0 Å². The molecule has 1 rings (SSSR count). The monoisotopic (exact) mass is 182 g/mol. The number of aliphatic hydroxyl groups is 4. The third-order valence-corrected chi connectivity index (χ3v) is 1.82. The van der Waals surface area contributed by atoms with Crippen LogP contribution in [0, 0.1) is 0 Å². The Bertz CT molecular complexity index is 150. The summed E-state index contributed by atoms with van der Waals surface area (Å²) < 4.78 is 17.3. The second kappa shape index (κ2) is 3.63. The fourth-order valence-corrected chi connectivity index (χ4v) is 1.06. The normalized spacial score (nSPS) is 49.2. The van der Waals surface area contributed by atoms with Crippen molar-refractivity contribution >= 4 is 0 Å². The van der Waals surface area contributed by atoms with Crippen LogP contribution < -0.4 is 0 Å². The van der Waals surface area contributed by atoms with E-state index in [-0.39, 0.29) is 0 Å². The largest absolute Gasteiger partial charge is 0.394 e. The van der Waals surface area contributed by atoms with Gasteiger partial charge in [-0.1, -0.05) is 0 Å². The summed E-state index contributed by atoms with van der Waals surface area (Å²) >= 11 is 0. The number of aliphatic hydroxyl groups excluding tert-OH is 4. The fraction of sp³-hybridized carbons (Fsp3) is 1.00. The highest BCUT2D eigenvalue weighted by Gasteiger charge is 2.43. The molecule has 1 heterocycles. The summed E-state index contributed by atoms with van der Waals surface area (Å²) in [5, 5.41) is 35.2. The summed E-state index contributed by atoms with van der Waals surface area (Å²) in [5.74, 6) is 0. The lowest BCUT2D eigenvalue weighted by Crippen LogP contribution is -2.56. The summed E-state index contributed by atoms with van der Waals surface area (Å²) in [6.07, 6.45) is -8.24. The van der Waals surface area contributed by atoms with Crippen molar-refractivity contribution in [2.75, 3.05) is 6.61 Å². The van der Waals surface area contributed by atoms with Crippen molar-refractivity contribution in [3.8, 4) is 0 Å². The number of hydrogen-bond donors (Lipinski definition) is 4. The molecule has 5 nitrogen and oxygen atoms in total. The Morgan fingerprint density at radius 3 is 2.25 bits per heavy atom. The van der Waals surface area contributed by atoms with Crippen LogP contribution in [-0.2, 0) is 4.74 Å². The maximum absolute atomic E-state index is 12.8. The third-order valence-electron chi connectivity index (χ3n) is 1.82. The fourth-order valence-electron chi connectivity index (χ4n) is 1.06. The number of rotatable bonds is 1. The van der Waals surface area contributed by atoms with E-state index >= 15 is 0 Å². The Balaban J connectivity index is 2.63. The van der Waals surface area contributed by atoms with Gasteiger partial charge >= 0.3 is 0 Å². The predicted octanol–water partition coefficient (Wildman–Crippen LogP) is -2.24. The van der Waals surface area contributed by atoms with Crippen LogP contribution in [0.5, 0.6) is 0 Å². The first-order valence-corrected chi connectivity index (χ1v) is 3.52. The van der Waals surface area contributed by atoms with Gasteiger partial charge in [0, 0.05) is 0 Å². The topological polar surface area (TPSA) is 90.2 Å². The van der Waals surface area contributed by atoms with Crippen molar-refractivity contribution in [1.29, 1.82) is 0 Å². The highest BCUT2D eigenvalue weighted by atomic mass is 19.1. The van der Waals surface area contributed by atoms with Crippen molar-refractivity contribution in [2.24, 2.45) is 0 Å². The van der Waals surface area contributed by atoms with Gasteiger partial charge in [-0.2, -0.15) is 0 Å². The van der Waals surface area contributed by atoms with Crippen molar-refractivity contribution in [3.05, 3.63) is 0 Å². The second-order valence-electron chi connectivity index (χ2n) is 2.67. The van der Waals surface area contributed by atoms with Crippen LogP contribution in [-0.4, -0.2) is 57.8 Å². The minimum atomic E-state index is -1.99. The number of ether oxygens (including phenoxy) is 1. The average molecular weight is 182 g/mol. The van der Waals surface area contributed by atoms with Crippen molar-refractivity contribution < 1.29 is 29.6 Å². The minimum absolute atomic E-state index is 0.606. The highest BCUT2D eigenvalue weighted by Crippen LogP contribution is 2.21. The van der Waals surface area contributed by atoms with Crippen molar-refractivity contribution in [1.82, 2.24) is 0 Å². The summed E-state index contributed by atoms with van der Waals surface area (Å²) in [6, 6.07) is 0. The molecule has 6 heteroatoms. The predicted molar refractivity (Wildman–Crippen MR) is 34.9 cm³/mol. The van der Waals surface area contributed by atoms with E-state index in [1.807, 2.05) is 0 Å². The van der Waals surface area contributed by atoms with Gasteiger partial charge in [0.15, 0.2) is 12.5 Å². The number of hydrogen-bond acceptors (Lipinski definition) is 5. The van der Waals surface area contributed by atoms with Crippen LogP contribution in [0.15, 0.2) is 0 Å². The lowest BCUT2D eigenvalue weighted by Gasteiger charge is -2.36. The first-order chi connectivity index (χ1) is 5.57. The molecule has 1 aliphatic rings. The van der Waals surface area contributed by atoms with E-state index in [2.05, 4.69) is 4.74 Å². The first-order valence-electron chi connectivity index (χ1n) is 3.52. The SMILES string of the molecule is OCC1O[C@@H](O)C(O)[C@@H](F)C1O. The Kier molecular flexibility index (Phi) is 2.97. The van der Waals surface area contributed by atoms with Crippen LogP contribution in [0.25, 0.3) is 0 Å². The molecular formula is C6H11FO5. The zero-order valence-corrected chi connectivity index (χ0v) is 6.17. The van der Waals surface area contributed by atoms with E-state index in [0.717, 1.165) is 0 Å². The molecule has 0 bridgehead atoms. The van der Waals surface area contributed by atoms with E-state index in [1.54, 1.807) is 0 Å². The van der Waals surface area contributed by atoms with Gasteiger partial charge in [0.1, 0.15) is 18.3 Å². The summed E-state index contributed by atoms with van der Waals surface area (Å²) in [7, 11) is 0. The maximum Gasteiger partial charge on any atom is 0.184 e. The van der Waals surface area contributed by atoms with Crippen LogP contribution >= 0.6 is 0 Å². The standard InChI is InChI=1S/C6H11FO5/c7-3-4(9)2(1-8)12-6(11)5(3)10/h2-6,8-11H,1H2/t2?,3-,4?,5?,6+/m0/s1. The third kappa shape index (κ3) is 1.57. The van der Waals surface area contributed by atoms with Gasteiger partial charge in [-0.3, -0.25) is 0 Å². The van der Waals surface area contributed by atoms with E-state index in [9.17, 15) is 4.39 Å². The zero-order valence-electron chi connectivity index (χ0n) is 6.17. The summed E-state index contributed by atoms with van der Waals surface area (Å²) in [5.41, 5.74) is 0. The molecule has 0 spiro atoms. The van der Waals surface area contributed by atoms with E-state index in [4.69, 9.17) is 20.4 Å². The molecule has 0 radical (unpaired) electrons.